The van der Waals surface area contributed by atoms with Crippen molar-refractivity contribution in [2.75, 3.05) is 6.54 Å². The molecule has 1 aromatic carbocycles. The Labute approximate surface area is 125 Å². The number of hydrogen-bond acceptors (Lipinski definition) is 3. The Balaban J connectivity index is 1.90. The number of aliphatic carboxylic acids is 1. The number of hydrogen-bond donors (Lipinski definition) is 2. The first-order valence-corrected chi connectivity index (χ1v) is 6.84. The summed E-state index contributed by atoms with van der Waals surface area (Å²) < 4.78 is 5.29. The molecule has 7 heteroatoms. The minimum absolute atomic E-state index is 0.242. The molecule has 1 heterocycles. The number of carboxylic acid groups (broad SMARTS) is 1. The van der Waals surface area contributed by atoms with Crippen molar-refractivity contribution in [3.8, 4) is 0 Å². The van der Waals surface area contributed by atoms with Gasteiger partial charge in [0.1, 0.15) is 0 Å². The standard InChI is InChI=1S/C13H13Cl2NO4/c14-7-1-3-10(15)9(5-7)12(17)16-6-8-2-4-11(20-8)13(18)19/h1,3,5,8,11H,2,4,6H2,(H,16,17)(H,18,19). The molecule has 2 rings (SSSR count). The summed E-state index contributed by atoms with van der Waals surface area (Å²) in [6.07, 6.45) is -0.0291. The number of ether oxygens (including phenoxy) is 1. The molecule has 0 saturated carbocycles. The molecule has 0 aromatic heterocycles. The van der Waals surface area contributed by atoms with Gasteiger partial charge in [0.2, 0.25) is 0 Å². The largest absolute Gasteiger partial charge is 0.479 e. The molecule has 0 radical (unpaired) electrons. The van der Waals surface area contributed by atoms with Gasteiger partial charge in [0.25, 0.3) is 5.91 Å². The minimum Gasteiger partial charge on any atom is -0.479 e. The Morgan fingerprint density at radius 2 is 2.10 bits per heavy atom. The van der Waals surface area contributed by atoms with E-state index in [0.717, 1.165) is 0 Å². The van der Waals surface area contributed by atoms with Crippen LogP contribution in [0.4, 0.5) is 0 Å². The van der Waals surface area contributed by atoms with Crippen molar-refractivity contribution in [3.63, 3.8) is 0 Å². The lowest BCUT2D eigenvalue weighted by Gasteiger charge is -2.13. The summed E-state index contributed by atoms with van der Waals surface area (Å²) >= 11 is 11.7. The van der Waals surface area contributed by atoms with Gasteiger partial charge in [-0.2, -0.15) is 0 Å². The number of nitrogens with one attached hydrogen (secondary N) is 1. The molecule has 1 saturated heterocycles. The second kappa shape index (κ2) is 6.43. The van der Waals surface area contributed by atoms with Crippen molar-refractivity contribution in [1.82, 2.24) is 5.32 Å². The average molecular weight is 318 g/mol. The summed E-state index contributed by atoms with van der Waals surface area (Å²) in [7, 11) is 0. The van der Waals surface area contributed by atoms with Crippen LogP contribution in [0.5, 0.6) is 0 Å². The summed E-state index contributed by atoms with van der Waals surface area (Å²) in [5, 5.41) is 12.2. The molecule has 0 spiro atoms. The van der Waals surface area contributed by atoms with Crippen LogP contribution in [0.15, 0.2) is 18.2 Å². The quantitative estimate of drug-likeness (QED) is 0.893. The SMILES string of the molecule is O=C(NCC1CCC(C(=O)O)O1)c1cc(Cl)ccc1Cl. The second-order valence-corrected chi connectivity index (χ2v) is 5.34. The first-order valence-electron chi connectivity index (χ1n) is 6.09. The summed E-state index contributed by atoms with van der Waals surface area (Å²) in [4.78, 5) is 22.7. The van der Waals surface area contributed by atoms with Crippen LogP contribution in [0.2, 0.25) is 10.0 Å². The van der Waals surface area contributed by atoms with E-state index in [1.54, 1.807) is 12.1 Å². The Morgan fingerprint density at radius 1 is 1.35 bits per heavy atom. The molecule has 5 nitrogen and oxygen atoms in total. The van der Waals surface area contributed by atoms with E-state index < -0.39 is 12.1 Å². The van der Waals surface area contributed by atoms with Crippen molar-refractivity contribution >= 4 is 35.1 Å². The van der Waals surface area contributed by atoms with Crippen molar-refractivity contribution in [2.45, 2.75) is 25.0 Å². The van der Waals surface area contributed by atoms with Crippen molar-refractivity contribution in [1.29, 1.82) is 0 Å². The van der Waals surface area contributed by atoms with Crippen LogP contribution in [0.1, 0.15) is 23.2 Å². The summed E-state index contributed by atoms with van der Waals surface area (Å²) in [6, 6.07) is 4.62. The van der Waals surface area contributed by atoms with E-state index in [2.05, 4.69) is 5.32 Å². The van der Waals surface area contributed by atoms with Crippen LogP contribution in [0.25, 0.3) is 0 Å². The minimum atomic E-state index is -0.975. The molecule has 1 amide bonds. The number of carbonyl (C=O) groups is 2. The highest BCUT2D eigenvalue weighted by Crippen LogP contribution is 2.22. The smallest absolute Gasteiger partial charge is 0.332 e. The number of carbonyl (C=O) groups excluding carboxylic acids is 1. The Kier molecular flexibility index (Phi) is 4.86. The lowest BCUT2D eigenvalue weighted by Crippen LogP contribution is -2.33. The monoisotopic (exact) mass is 317 g/mol. The van der Waals surface area contributed by atoms with Gasteiger partial charge in [0, 0.05) is 11.6 Å². The summed E-state index contributed by atoms with van der Waals surface area (Å²) in [5.74, 6) is -1.34. The molecule has 1 aliphatic heterocycles. The number of halogens is 2. The van der Waals surface area contributed by atoms with Crippen LogP contribution in [0, 0.1) is 0 Å². The average Bonchev–Trinajstić information content (AvgIpc) is 2.88. The Bertz CT molecular complexity index is 535. The number of carboxylic acids is 1. The molecule has 108 valence electrons. The second-order valence-electron chi connectivity index (χ2n) is 4.50. The molecule has 1 aliphatic rings. The van der Waals surface area contributed by atoms with E-state index in [4.69, 9.17) is 33.0 Å². The van der Waals surface area contributed by atoms with E-state index in [9.17, 15) is 9.59 Å². The number of rotatable bonds is 4. The lowest BCUT2D eigenvalue weighted by atomic mass is 10.2. The highest BCUT2D eigenvalue weighted by molar-refractivity contribution is 6.35. The third-order valence-electron chi connectivity index (χ3n) is 3.05. The molecule has 0 bridgehead atoms. The van der Waals surface area contributed by atoms with Crippen LogP contribution in [0.3, 0.4) is 0 Å². The molecule has 2 unspecified atom stereocenters. The maximum atomic E-state index is 12.0. The first kappa shape index (κ1) is 15.1. The highest BCUT2D eigenvalue weighted by Gasteiger charge is 2.30. The molecular formula is C13H13Cl2NO4. The molecule has 1 aromatic rings. The molecule has 20 heavy (non-hydrogen) atoms. The zero-order valence-corrected chi connectivity index (χ0v) is 11.9. The highest BCUT2D eigenvalue weighted by atomic mass is 35.5. The fourth-order valence-corrected chi connectivity index (χ4v) is 2.39. The number of benzene rings is 1. The van der Waals surface area contributed by atoms with Crippen molar-refractivity contribution in [2.24, 2.45) is 0 Å². The van der Waals surface area contributed by atoms with Crippen molar-refractivity contribution < 1.29 is 19.4 Å². The molecule has 0 aliphatic carbocycles. The molecule has 1 fully saturated rings. The maximum Gasteiger partial charge on any atom is 0.332 e. The molecule has 2 N–H and O–H groups in total. The zero-order chi connectivity index (χ0) is 14.7. The molecule has 2 atom stereocenters. The molecular weight excluding hydrogens is 305 g/mol. The zero-order valence-electron chi connectivity index (χ0n) is 10.4. The van der Waals surface area contributed by atoms with Crippen molar-refractivity contribution in [3.05, 3.63) is 33.8 Å². The van der Waals surface area contributed by atoms with Crippen LogP contribution >= 0.6 is 23.2 Å². The van der Waals surface area contributed by atoms with Gasteiger partial charge in [-0.05, 0) is 31.0 Å². The predicted molar refractivity (Wildman–Crippen MR) is 74.3 cm³/mol. The third-order valence-corrected chi connectivity index (χ3v) is 3.61. The van der Waals surface area contributed by atoms with Gasteiger partial charge in [-0.3, -0.25) is 4.79 Å². The normalized spacial score (nSPS) is 21.7. The van der Waals surface area contributed by atoms with E-state index >= 15 is 0 Å². The van der Waals surface area contributed by atoms with Gasteiger partial charge in [0.15, 0.2) is 6.10 Å². The maximum absolute atomic E-state index is 12.0. The van der Waals surface area contributed by atoms with Gasteiger partial charge in [-0.25, -0.2) is 4.79 Å². The Morgan fingerprint density at radius 3 is 2.75 bits per heavy atom. The van der Waals surface area contributed by atoms with E-state index in [-0.39, 0.29) is 24.1 Å². The van der Waals surface area contributed by atoms with Gasteiger partial charge in [0.05, 0.1) is 16.7 Å². The lowest BCUT2D eigenvalue weighted by molar-refractivity contribution is -0.149. The van der Waals surface area contributed by atoms with E-state index in [1.807, 2.05) is 0 Å². The van der Waals surface area contributed by atoms with Gasteiger partial charge < -0.3 is 15.2 Å². The summed E-state index contributed by atoms with van der Waals surface area (Å²) in [6.45, 7) is 0.242. The van der Waals surface area contributed by atoms with Crippen LogP contribution in [-0.4, -0.2) is 35.7 Å². The van der Waals surface area contributed by atoms with Gasteiger partial charge in [-0.1, -0.05) is 23.2 Å². The summed E-state index contributed by atoms with van der Waals surface area (Å²) in [5.41, 5.74) is 0.284. The predicted octanol–water partition coefficient (Wildman–Crippen LogP) is 2.36. The fourth-order valence-electron chi connectivity index (χ4n) is 2.01. The van der Waals surface area contributed by atoms with E-state index in [0.29, 0.717) is 22.9 Å². The van der Waals surface area contributed by atoms with Crippen LogP contribution in [-0.2, 0) is 9.53 Å². The van der Waals surface area contributed by atoms with Crippen LogP contribution < -0.4 is 5.32 Å². The fraction of sp³-hybridized carbons (Fsp3) is 0.385. The first-order chi connectivity index (χ1) is 9.47. The van der Waals surface area contributed by atoms with Gasteiger partial charge >= 0.3 is 5.97 Å². The van der Waals surface area contributed by atoms with Gasteiger partial charge in [-0.15, -0.1) is 0 Å². The topological polar surface area (TPSA) is 75.6 Å². The number of amides is 1. The third kappa shape index (κ3) is 3.62. The van der Waals surface area contributed by atoms with E-state index in [1.165, 1.54) is 6.07 Å². The Hall–Kier alpha value is -1.30.